The van der Waals surface area contributed by atoms with E-state index in [2.05, 4.69) is 16.8 Å². The van der Waals surface area contributed by atoms with Crippen molar-refractivity contribution in [3.05, 3.63) is 58.7 Å². The number of pyridine rings is 1. The summed E-state index contributed by atoms with van der Waals surface area (Å²) in [6.45, 7) is 7.82. The van der Waals surface area contributed by atoms with Crippen LogP contribution in [0.1, 0.15) is 30.9 Å². The highest BCUT2D eigenvalue weighted by atomic mass is 35.5. The van der Waals surface area contributed by atoms with Crippen LogP contribution in [0.3, 0.4) is 0 Å². The fourth-order valence-electron chi connectivity index (χ4n) is 3.90. The number of anilines is 1. The summed E-state index contributed by atoms with van der Waals surface area (Å²) in [6.07, 6.45) is 3.58. The zero-order valence-electron chi connectivity index (χ0n) is 16.9. The lowest BCUT2D eigenvalue weighted by Crippen LogP contribution is -2.34. The van der Waals surface area contributed by atoms with Gasteiger partial charge in [0.15, 0.2) is 0 Å². The van der Waals surface area contributed by atoms with Crippen molar-refractivity contribution in [2.45, 2.75) is 43.4 Å². The maximum atomic E-state index is 13.6. The van der Waals surface area contributed by atoms with Crippen molar-refractivity contribution in [2.75, 3.05) is 18.0 Å². The third kappa shape index (κ3) is 3.74. The summed E-state index contributed by atoms with van der Waals surface area (Å²) in [5.74, 6) is 0.647. The number of aromatic nitrogens is 1. The number of benzene rings is 2. The Bertz CT molecular complexity index is 1180. The van der Waals surface area contributed by atoms with Gasteiger partial charge in [-0.3, -0.25) is 4.98 Å². The molecule has 6 heteroatoms. The topological polar surface area (TPSA) is 50.3 Å². The van der Waals surface area contributed by atoms with E-state index in [9.17, 15) is 8.42 Å². The van der Waals surface area contributed by atoms with Crippen LogP contribution in [-0.4, -0.2) is 26.5 Å². The van der Waals surface area contributed by atoms with Gasteiger partial charge in [0.05, 0.1) is 16.1 Å². The first-order valence-electron chi connectivity index (χ1n) is 9.93. The zero-order chi connectivity index (χ0) is 20.8. The molecule has 4 nitrogen and oxygen atoms in total. The summed E-state index contributed by atoms with van der Waals surface area (Å²) in [7, 11) is -3.71. The average molecular weight is 429 g/mol. The Kier molecular flexibility index (Phi) is 5.30. The largest absolute Gasteiger partial charge is 0.370 e. The fraction of sp³-hybridized carbons (Fsp3) is 0.348. The molecule has 29 heavy (non-hydrogen) atoms. The van der Waals surface area contributed by atoms with Gasteiger partial charge in [-0.05, 0) is 74.1 Å². The lowest BCUT2D eigenvalue weighted by Gasteiger charge is -2.34. The molecular weight excluding hydrogens is 404 g/mol. The predicted molar refractivity (Wildman–Crippen MR) is 119 cm³/mol. The summed E-state index contributed by atoms with van der Waals surface area (Å²) in [5.41, 5.74) is 3.49. The van der Waals surface area contributed by atoms with Crippen molar-refractivity contribution in [3.63, 3.8) is 0 Å². The normalized spacial score (nSPS) is 15.8. The van der Waals surface area contributed by atoms with Gasteiger partial charge in [0.1, 0.15) is 4.90 Å². The van der Waals surface area contributed by atoms with E-state index in [-0.39, 0.29) is 4.90 Å². The number of rotatable bonds is 3. The molecule has 3 aromatic rings. The molecule has 1 aromatic heterocycles. The van der Waals surface area contributed by atoms with Crippen molar-refractivity contribution in [2.24, 2.45) is 5.92 Å². The summed E-state index contributed by atoms with van der Waals surface area (Å²) >= 11 is 6.16. The van der Waals surface area contributed by atoms with Crippen LogP contribution in [0.5, 0.6) is 0 Å². The SMILES string of the molecule is Cc1ccc(S(=O)(=O)c2cnc3cc(Cl)ccc3c2N2CCC(C)CC2)cc1C. The van der Waals surface area contributed by atoms with E-state index in [1.54, 1.807) is 24.3 Å². The van der Waals surface area contributed by atoms with Gasteiger partial charge >= 0.3 is 0 Å². The van der Waals surface area contributed by atoms with E-state index in [1.165, 1.54) is 6.20 Å². The minimum Gasteiger partial charge on any atom is -0.370 e. The van der Waals surface area contributed by atoms with Crippen LogP contribution < -0.4 is 4.90 Å². The summed E-state index contributed by atoms with van der Waals surface area (Å²) in [5, 5.41) is 1.42. The van der Waals surface area contributed by atoms with E-state index in [4.69, 9.17) is 11.6 Å². The van der Waals surface area contributed by atoms with Crippen LogP contribution in [0.2, 0.25) is 5.02 Å². The molecule has 1 aliphatic heterocycles. The van der Waals surface area contributed by atoms with Crippen LogP contribution in [0, 0.1) is 19.8 Å². The van der Waals surface area contributed by atoms with E-state index in [0.717, 1.165) is 48.1 Å². The van der Waals surface area contributed by atoms with E-state index in [1.807, 2.05) is 26.0 Å². The number of nitrogens with zero attached hydrogens (tertiary/aromatic N) is 2. The fourth-order valence-corrected chi connectivity index (χ4v) is 5.58. The van der Waals surface area contributed by atoms with Gasteiger partial charge in [0.25, 0.3) is 0 Å². The zero-order valence-corrected chi connectivity index (χ0v) is 18.5. The monoisotopic (exact) mass is 428 g/mol. The van der Waals surface area contributed by atoms with Crippen molar-refractivity contribution in [1.82, 2.24) is 4.98 Å². The van der Waals surface area contributed by atoms with Crippen LogP contribution in [0.25, 0.3) is 10.9 Å². The third-order valence-electron chi connectivity index (χ3n) is 5.95. The molecule has 0 bridgehead atoms. The van der Waals surface area contributed by atoms with E-state index in [0.29, 0.717) is 21.4 Å². The smallest absolute Gasteiger partial charge is 0.210 e. The number of halogens is 1. The predicted octanol–water partition coefficient (Wildman–Crippen LogP) is 5.57. The average Bonchev–Trinajstić information content (AvgIpc) is 2.69. The lowest BCUT2D eigenvalue weighted by atomic mass is 9.98. The molecule has 0 atom stereocenters. The van der Waals surface area contributed by atoms with Crippen molar-refractivity contribution in [1.29, 1.82) is 0 Å². The Morgan fingerprint density at radius 2 is 1.76 bits per heavy atom. The first-order chi connectivity index (χ1) is 13.8. The molecule has 0 amide bonds. The first kappa shape index (κ1) is 20.2. The molecule has 0 aliphatic carbocycles. The third-order valence-corrected chi connectivity index (χ3v) is 7.93. The summed E-state index contributed by atoms with van der Waals surface area (Å²) in [6, 6.07) is 10.8. The standard InChI is InChI=1S/C23H25ClN2O2S/c1-15-8-10-26(11-9-15)23-20-7-5-18(24)13-21(20)25-14-22(23)29(27,28)19-6-4-16(2)17(3)12-19/h4-7,12-15H,8-11H2,1-3H3. The Labute approximate surface area is 177 Å². The van der Waals surface area contributed by atoms with Gasteiger partial charge in [-0.2, -0.15) is 0 Å². The highest BCUT2D eigenvalue weighted by Crippen LogP contribution is 2.38. The number of fused-ring (bicyclic) bond motifs is 1. The first-order valence-corrected chi connectivity index (χ1v) is 11.8. The molecule has 0 saturated carbocycles. The second kappa shape index (κ2) is 7.62. The minimum absolute atomic E-state index is 0.269. The van der Waals surface area contributed by atoms with Gasteiger partial charge in [-0.15, -0.1) is 0 Å². The van der Waals surface area contributed by atoms with Crippen LogP contribution in [-0.2, 0) is 9.84 Å². The Morgan fingerprint density at radius 1 is 1.03 bits per heavy atom. The molecule has 0 N–H and O–H groups in total. The number of aryl methyl sites for hydroxylation is 2. The van der Waals surface area contributed by atoms with Gasteiger partial charge in [-0.1, -0.05) is 24.6 Å². The lowest BCUT2D eigenvalue weighted by molar-refractivity contribution is 0.437. The number of piperidine rings is 1. The Morgan fingerprint density at radius 3 is 2.45 bits per heavy atom. The molecule has 2 aromatic carbocycles. The molecule has 0 unspecified atom stereocenters. The second-order valence-electron chi connectivity index (χ2n) is 8.05. The van der Waals surface area contributed by atoms with E-state index >= 15 is 0 Å². The number of hydrogen-bond donors (Lipinski definition) is 0. The summed E-state index contributed by atoms with van der Waals surface area (Å²) in [4.78, 5) is 7.23. The highest BCUT2D eigenvalue weighted by molar-refractivity contribution is 7.91. The highest BCUT2D eigenvalue weighted by Gasteiger charge is 2.28. The molecule has 2 heterocycles. The molecule has 152 valence electrons. The van der Waals surface area contributed by atoms with Gasteiger partial charge in [0.2, 0.25) is 9.84 Å². The number of sulfone groups is 1. The molecule has 4 rings (SSSR count). The van der Waals surface area contributed by atoms with E-state index < -0.39 is 9.84 Å². The second-order valence-corrected chi connectivity index (χ2v) is 10.4. The van der Waals surface area contributed by atoms with Gasteiger partial charge in [-0.25, -0.2) is 8.42 Å². The molecule has 1 aliphatic rings. The maximum Gasteiger partial charge on any atom is 0.210 e. The molecule has 0 radical (unpaired) electrons. The van der Waals surface area contributed by atoms with Crippen LogP contribution >= 0.6 is 11.6 Å². The Hall–Kier alpha value is -2.11. The quantitative estimate of drug-likeness (QED) is 0.546. The van der Waals surface area contributed by atoms with Gasteiger partial charge in [0, 0.05) is 29.7 Å². The number of hydrogen-bond acceptors (Lipinski definition) is 4. The minimum atomic E-state index is -3.71. The van der Waals surface area contributed by atoms with Crippen molar-refractivity contribution in [3.8, 4) is 0 Å². The maximum absolute atomic E-state index is 13.6. The van der Waals surface area contributed by atoms with Gasteiger partial charge < -0.3 is 4.90 Å². The van der Waals surface area contributed by atoms with Crippen LogP contribution in [0.15, 0.2) is 52.4 Å². The van der Waals surface area contributed by atoms with Crippen molar-refractivity contribution < 1.29 is 8.42 Å². The molecule has 1 fully saturated rings. The summed E-state index contributed by atoms with van der Waals surface area (Å²) < 4.78 is 27.3. The van der Waals surface area contributed by atoms with Crippen LogP contribution in [0.4, 0.5) is 5.69 Å². The molecule has 1 saturated heterocycles. The molecule has 0 spiro atoms. The van der Waals surface area contributed by atoms with Crippen molar-refractivity contribution >= 4 is 38.0 Å². The Balaban J connectivity index is 1.94. The molecular formula is C23H25ClN2O2S.